The normalized spacial score (nSPS) is 10.9. The second kappa shape index (κ2) is 9.35. The Morgan fingerprint density at radius 2 is 1.26 bits per heavy atom. The molecule has 0 unspecified atom stereocenters. The van der Waals surface area contributed by atoms with E-state index in [1.165, 1.54) is 6.92 Å². The molecule has 2 heteroatoms. The molecule has 134 valence electrons. The molecule has 3 aromatic carbocycles. The number of carbonyl (C=O) groups is 1. The van der Waals surface area contributed by atoms with Gasteiger partial charge in [0.1, 0.15) is 6.61 Å². The summed E-state index contributed by atoms with van der Waals surface area (Å²) in [5.41, 5.74) is 5.32. The summed E-state index contributed by atoms with van der Waals surface area (Å²) >= 11 is 0. The monoisotopic (exact) mass is 354 g/mol. The second-order valence-corrected chi connectivity index (χ2v) is 6.20. The van der Waals surface area contributed by atoms with Crippen LogP contribution >= 0.6 is 0 Å². The molecule has 0 aliphatic rings. The standard InChI is InChI=1S/C25H22O2/c1-20(26)27-19-22(17-21-11-5-2-6-12-21)18-25(23-13-7-3-8-14-23)24-15-9-4-10-16-24/h2-18H,19H2,1H3/b22-17+. The van der Waals surface area contributed by atoms with E-state index in [0.29, 0.717) is 0 Å². The van der Waals surface area contributed by atoms with Gasteiger partial charge < -0.3 is 4.74 Å². The molecule has 0 saturated heterocycles. The van der Waals surface area contributed by atoms with Crippen molar-refractivity contribution in [3.63, 3.8) is 0 Å². The van der Waals surface area contributed by atoms with Crippen LogP contribution in [-0.2, 0) is 9.53 Å². The molecular formula is C25H22O2. The lowest BCUT2D eigenvalue weighted by Gasteiger charge is -2.11. The average molecular weight is 354 g/mol. The fourth-order valence-corrected chi connectivity index (χ4v) is 2.83. The maximum Gasteiger partial charge on any atom is 0.302 e. The number of esters is 1. The van der Waals surface area contributed by atoms with Crippen molar-refractivity contribution in [2.24, 2.45) is 0 Å². The van der Waals surface area contributed by atoms with Crippen LogP contribution in [0.3, 0.4) is 0 Å². The van der Waals surface area contributed by atoms with Gasteiger partial charge in [0, 0.05) is 6.92 Å². The number of hydrogen-bond acceptors (Lipinski definition) is 2. The lowest BCUT2D eigenvalue weighted by atomic mass is 9.95. The predicted molar refractivity (Wildman–Crippen MR) is 111 cm³/mol. The molecule has 0 aliphatic heterocycles. The van der Waals surface area contributed by atoms with Crippen LogP contribution in [0.25, 0.3) is 11.6 Å². The fourth-order valence-electron chi connectivity index (χ4n) is 2.83. The Balaban J connectivity index is 2.07. The van der Waals surface area contributed by atoms with Gasteiger partial charge in [-0.2, -0.15) is 0 Å². The van der Waals surface area contributed by atoms with Crippen molar-refractivity contribution in [1.82, 2.24) is 0 Å². The van der Waals surface area contributed by atoms with Crippen LogP contribution in [0, 0.1) is 0 Å². The molecule has 0 fully saturated rings. The summed E-state index contributed by atoms with van der Waals surface area (Å²) in [4.78, 5) is 11.4. The van der Waals surface area contributed by atoms with Gasteiger partial charge in [-0.3, -0.25) is 4.79 Å². The molecule has 0 atom stereocenters. The van der Waals surface area contributed by atoms with Crippen molar-refractivity contribution in [3.05, 3.63) is 119 Å². The van der Waals surface area contributed by atoms with E-state index in [2.05, 4.69) is 36.4 Å². The van der Waals surface area contributed by atoms with Crippen molar-refractivity contribution in [1.29, 1.82) is 0 Å². The van der Waals surface area contributed by atoms with Gasteiger partial charge in [-0.05, 0) is 40.0 Å². The highest BCUT2D eigenvalue weighted by atomic mass is 16.5. The van der Waals surface area contributed by atoms with E-state index in [0.717, 1.165) is 27.8 Å². The molecule has 3 rings (SSSR count). The summed E-state index contributed by atoms with van der Waals surface area (Å²) in [6, 6.07) is 30.5. The second-order valence-electron chi connectivity index (χ2n) is 6.20. The molecule has 27 heavy (non-hydrogen) atoms. The molecule has 3 aromatic rings. The van der Waals surface area contributed by atoms with Gasteiger partial charge in [0.05, 0.1) is 0 Å². The van der Waals surface area contributed by atoms with Gasteiger partial charge >= 0.3 is 5.97 Å². The molecule has 0 bridgehead atoms. The smallest absolute Gasteiger partial charge is 0.302 e. The van der Waals surface area contributed by atoms with Crippen molar-refractivity contribution < 1.29 is 9.53 Å². The molecule has 0 heterocycles. The van der Waals surface area contributed by atoms with Gasteiger partial charge in [0.15, 0.2) is 0 Å². The van der Waals surface area contributed by atoms with Crippen LogP contribution in [-0.4, -0.2) is 12.6 Å². The van der Waals surface area contributed by atoms with Crippen LogP contribution in [0.1, 0.15) is 23.6 Å². The third-order valence-corrected chi connectivity index (χ3v) is 4.09. The van der Waals surface area contributed by atoms with Crippen molar-refractivity contribution in [2.45, 2.75) is 6.92 Å². The summed E-state index contributed by atoms with van der Waals surface area (Å²) in [5.74, 6) is -0.289. The zero-order valence-corrected chi connectivity index (χ0v) is 15.3. The number of rotatable bonds is 6. The van der Waals surface area contributed by atoms with Crippen LogP contribution in [0.15, 0.2) is 103 Å². The molecule has 2 nitrogen and oxygen atoms in total. The number of carbonyl (C=O) groups excluding carboxylic acids is 1. The molecule has 0 radical (unpaired) electrons. The minimum Gasteiger partial charge on any atom is -0.461 e. The third kappa shape index (κ3) is 5.55. The minimum absolute atomic E-state index is 0.230. The van der Waals surface area contributed by atoms with Crippen molar-refractivity contribution in [3.8, 4) is 0 Å². The fraction of sp³-hybridized carbons (Fsp3) is 0.0800. The molecule has 0 N–H and O–H groups in total. The Labute approximate surface area is 160 Å². The lowest BCUT2D eigenvalue weighted by Crippen LogP contribution is -2.03. The van der Waals surface area contributed by atoms with E-state index in [9.17, 15) is 4.79 Å². The maximum absolute atomic E-state index is 11.4. The van der Waals surface area contributed by atoms with E-state index in [4.69, 9.17) is 4.74 Å². The molecule has 0 saturated carbocycles. The highest BCUT2D eigenvalue weighted by Crippen LogP contribution is 2.25. The predicted octanol–water partition coefficient (Wildman–Crippen LogP) is 5.77. The summed E-state index contributed by atoms with van der Waals surface area (Å²) in [7, 11) is 0. The van der Waals surface area contributed by atoms with E-state index in [1.807, 2.05) is 66.7 Å². The van der Waals surface area contributed by atoms with E-state index < -0.39 is 0 Å². The maximum atomic E-state index is 11.4. The van der Waals surface area contributed by atoms with Gasteiger partial charge in [0.25, 0.3) is 0 Å². The van der Waals surface area contributed by atoms with Gasteiger partial charge in [-0.25, -0.2) is 0 Å². The van der Waals surface area contributed by atoms with Crippen molar-refractivity contribution >= 4 is 17.6 Å². The number of hydrogen-bond donors (Lipinski definition) is 0. The topological polar surface area (TPSA) is 26.3 Å². The zero-order chi connectivity index (χ0) is 18.9. The highest BCUT2D eigenvalue weighted by Gasteiger charge is 2.07. The highest BCUT2D eigenvalue weighted by molar-refractivity contribution is 5.82. The van der Waals surface area contributed by atoms with Crippen LogP contribution in [0.2, 0.25) is 0 Å². The Hall–Kier alpha value is -3.39. The molecule has 0 spiro atoms. The number of benzene rings is 3. The quantitative estimate of drug-likeness (QED) is 0.415. The lowest BCUT2D eigenvalue weighted by molar-refractivity contribution is -0.139. The molecule has 0 aromatic heterocycles. The Morgan fingerprint density at radius 1 is 0.778 bits per heavy atom. The minimum atomic E-state index is -0.289. The largest absolute Gasteiger partial charge is 0.461 e. The molecule has 0 aliphatic carbocycles. The van der Waals surface area contributed by atoms with E-state index >= 15 is 0 Å². The average Bonchev–Trinajstić information content (AvgIpc) is 2.72. The first-order valence-electron chi connectivity index (χ1n) is 8.94. The SMILES string of the molecule is CC(=O)OC/C(C=C(c1ccccc1)c1ccccc1)=C/c1ccccc1. The summed E-state index contributed by atoms with van der Waals surface area (Å²) in [5, 5.41) is 0. The molecular weight excluding hydrogens is 332 g/mol. The van der Waals surface area contributed by atoms with E-state index in [-0.39, 0.29) is 12.6 Å². The first kappa shape index (κ1) is 18.4. The Bertz CT molecular complexity index is 882. The summed E-state index contributed by atoms with van der Waals surface area (Å²) in [6.07, 6.45) is 4.15. The Morgan fingerprint density at radius 3 is 1.74 bits per heavy atom. The van der Waals surface area contributed by atoms with Crippen LogP contribution in [0.5, 0.6) is 0 Å². The van der Waals surface area contributed by atoms with Crippen LogP contribution < -0.4 is 0 Å². The third-order valence-electron chi connectivity index (χ3n) is 4.09. The van der Waals surface area contributed by atoms with E-state index in [1.54, 1.807) is 0 Å². The summed E-state index contributed by atoms with van der Waals surface area (Å²) < 4.78 is 5.30. The zero-order valence-electron chi connectivity index (χ0n) is 15.3. The van der Waals surface area contributed by atoms with Crippen molar-refractivity contribution in [2.75, 3.05) is 6.61 Å². The van der Waals surface area contributed by atoms with Gasteiger partial charge in [-0.15, -0.1) is 0 Å². The molecule has 0 amide bonds. The first-order valence-corrected chi connectivity index (χ1v) is 8.94. The summed E-state index contributed by atoms with van der Waals surface area (Å²) in [6.45, 7) is 1.66. The number of ether oxygens (including phenoxy) is 1. The Kier molecular flexibility index (Phi) is 6.37. The first-order chi connectivity index (χ1) is 13.2. The van der Waals surface area contributed by atoms with Gasteiger partial charge in [-0.1, -0.05) is 91.0 Å². The van der Waals surface area contributed by atoms with Crippen LogP contribution in [0.4, 0.5) is 0 Å². The van der Waals surface area contributed by atoms with Gasteiger partial charge in [0.2, 0.25) is 0 Å².